The molecule has 4 aromatic rings. The third-order valence-corrected chi connectivity index (χ3v) is 5.64. The molecule has 30 heavy (non-hydrogen) atoms. The first kappa shape index (κ1) is 18.8. The maximum atomic E-state index is 5.72. The van der Waals surface area contributed by atoms with Gasteiger partial charge in [-0.25, -0.2) is 4.98 Å². The van der Waals surface area contributed by atoms with Crippen LogP contribution < -0.4 is 5.32 Å². The van der Waals surface area contributed by atoms with Crippen molar-refractivity contribution in [1.29, 1.82) is 0 Å². The van der Waals surface area contributed by atoms with Gasteiger partial charge in [-0.1, -0.05) is 62.4 Å². The molecule has 0 atom stereocenters. The Balaban J connectivity index is 1.63. The van der Waals surface area contributed by atoms with Gasteiger partial charge in [-0.2, -0.15) is 4.98 Å². The lowest BCUT2D eigenvalue weighted by molar-refractivity contribution is 0.109. The van der Waals surface area contributed by atoms with Gasteiger partial charge in [0.05, 0.1) is 24.4 Å². The van der Waals surface area contributed by atoms with Gasteiger partial charge in [0.25, 0.3) is 0 Å². The number of fused-ring (bicyclic) bond motifs is 2. The van der Waals surface area contributed by atoms with Crippen LogP contribution in [-0.2, 0) is 24.3 Å². The number of hydrogen-bond acceptors (Lipinski definition) is 4. The lowest BCUT2D eigenvalue weighted by Crippen LogP contribution is -2.19. The number of anilines is 1. The second-order valence-corrected chi connectivity index (χ2v) is 8.06. The fourth-order valence-electron chi connectivity index (χ4n) is 4.07. The molecule has 0 saturated heterocycles. The van der Waals surface area contributed by atoms with E-state index in [-0.39, 0.29) is 0 Å². The lowest BCUT2D eigenvalue weighted by Gasteiger charge is -2.21. The summed E-state index contributed by atoms with van der Waals surface area (Å²) in [5.74, 6) is 1.96. The van der Waals surface area contributed by atoms with Crippen molar-refractivity contribution in [2.45, 2.75) is 39.3 Å². The molecular weight excluding hydrogens is 372 g/mol. The molecule has 0 radical (unpaired) electrons. The Labute approximate surface area is 176 Å². The topological polar surface area (TPSA) is 52.0 Å². The summed E-state index contributed by atoms with van der Waals surface area (Å²) < 4.78 is 7.94. The highest BCUT2D eigenvalue weighted by molar-refractivity contribution is 5.83. The standard InChI is InChI=1S/C25H26N4O/c1-17(2)23-14-19-10-6-7-11-22(19)29(23)25-27-21-12-13-30-16-20(21)24(28-25)26-15-18-8-4-3-5-9-18/h3-11,14,17H,12-13,15-16H2,1-2H3,(H,26,27,28). The van der Waals surface area contributed by atoms with Gasteiger partial charge in [0.15, 0.2) is 0 Å². The van der Waals surface area contributed by atoms with Crippen molar-refractivity contribution in [3.8, 4) is 5.95 Å². The zero-order chi connectivity index (χ0) is 20.5. The van der Waals surface area contributed by atoms with Gasteiger partial charge in [0.2, 0.25) is 5.95 Å². The molecule has 0 saturated carbocycles. The van der Waals surface area contributed by atoms with Gasteiger partial charge < -0.3 is 10.1 Å². The molecule has 2 aromatic carbocycles. The minimum absolute atomic E-state index is 0.362. The van der Waals surface area contributed by atoms with Gasteiger partial charge in [0, 0.05) is 29.6 Å². The van der Waals surface area contributed by atoms with Crippen LogP contribution in [0.4, 0.5) is 5.82 Å². The first-order valence-corrected chi connectivity index (χ1v) is 10.6. The van der Waals surface area contributed by atoms with E-state index in [1.54, 1.807) is 0 Å². The van der Waals surface area contributed by atoms with Crippen LogP contribution >= 0.6 is 0 Å². The number of rotatable bonds is 5. The minimum Gasteiger partial charge on any atom is -0.376 e. The number of nitrogens with one attached hydrogen (secondary N) is 1. The van der Waals surface area contributed by atoms with Gasteiger partial charge in [-0.05, 0) is 23.6 Å². The number of ether oxygens (including phenoxy) is 1. The first-order valence-electron chi connectivity index (χ1n) is 10.6. The summed E-state index contributed by atoms with van der Waals surface area (Å²) in [6.07, 6.45) is 0.807. The fraction of sp³-hybridized carbons (Fsp3) is 0.280. The van der Waals surface area contributed by atoms with E-state index in [1.807, 2.05) is 6.07 Å². The largest absolute Gasteiger partial charge is 0.376 e. The molecule has 152 valence electrons. The zero-order valence-corrected chi connectivity index (χ0v) is 17.4. The maximum absolute atomic E-state index is 5.72. The van der Waals surface area contributed by atoms with E-state index in [2.05, 4.69) is 78.3 Å². The molecule has 5 heteroatoms. The van der Waals surface area contributed by atoms with Crippen molar-refractivity contribution >= 4 is 16.7 Å². The Morgan fingerprint density at radius 1 is 1.03 bits per heavy atom. The molecule has 0 unspecified atom stereocenters. The van der Waals surface area contributed by atoms with Gasteiger partial charge in [-0.3, -0.25) is 4.57 Å². The third kappa shape index (κ3) is 3.46. The predicted octanol–water partition coefficient (Wildman–Crippen LogP) is 5.23. The molecular formula is C25H26N4O. The van der Waals surface area contributed by atoms with E-state index in [0.29, 0.717) is 25.7 Å². The average molecular weight is 399 g/mol. The Kier molecular flexibility index (Phi) is 4.97. The number of benzene rings is 2. The van der Waals surface area contributed by atoms with E-state index in [9.17, 15) is 0 Å². The molecule has 3 heterocycles. The van der Waals surface area contributed by atoms with E-state index in [1.165, 1.54) is 16.6 Å². The van der Waals surface area contributed by atoms with Crippen molar-refractivity contribution in [3.63, 3.8) is 0 Å². The summed E-state index contributed by atoms with van der Waals surface area (Å²) in [4.78, 5) is 9.99. The van der Waals surface area contributed by atoms with E-state index < -0.39 is 0 Å². The monoisotopic (exact) mass is 398 g/mol. The molecule has 0 amide bonds. The lowest BCUT2D eigenvalue weighted by atomic mass is 10.1. The van der Waals surface area contributed by atoms with Crippen molar-refractivity contribution in [1.82, 2.24) is 14.5 Å². The molecule has 5 rings (SSSR count). The van der Waals surface area contributed by atoms with Crippen LogP contribution in [0, 0.1) is 0 Å². The van der Waals surface area contributed by atoms with E-state index in [0.717, 1.165) is 35.0 Å². The Bertz CT molecular complexity index is 1180. The average Bonchev–Trinajstić information content (AvgIpc) is 3.18. The van der Waals surface area contributed by atoms with Gasteiger partial charge in [0.1, 0.15) is 5.82 Å². The maximum Gasteiger partial charge on any atom is 0.236 e. The van der Waals surface area contributed by atoms with Crippen LogP contribution in [0.1, 0.15) is 42.3 Å². The molecule has 0 bridgehead atoms. The Hall–Kier alpha value is -3.18. The van der Waals surface area contributed by atoms with Crippen molar-refractivity contribution < 1.29 is 4.74 Å². The summed E-state index contributed by atoms with van der Waals surface area (Å²) in [7, 11) is 0. The smallest absolute Gasteiger partial charge is 0.236 e. The van der Waals surface area contributed by atoms with Crippen molar-refractivity contribution in [3.05, 3.63) is 83.2 Å². The minimum atomic E-state index is 0.362. The SMILES string of the molecule is CC(C)c1cc2ccccc2n1-c1nc2c(c(NCc3ccccc3)n1)COCC2. The quantitative estimate of drug-likeness (QED) is 0.500. The summed E-state index contributed by atoms with van der Waals surface area (Å²) in [6, 6.07) is 21.1. The molecule has 0 spiro atoms. The second kappa shape index (κ2) is 7.92. The van der Waals surface area contributed by atoms with E-state index >= 15 is 0 Å². The molecule has 2 aromatic heterocycles. The molecule has 5 nitrogen and oxygen atoms in total. The number of aromatic nitrogens is 3. The normalized spacial score (nSPS) is 13.6. The summed E-state index contributed by atoms with van der Waals surface area (Å²) in [6.45, 7) is 6.39. The molecule has 1 aliphatic heterocycles. The fourth-order valence-corrected chi connectivity index (χ4v) is 4.07. The highest BCUT2D eigenvalue weighted by atomic mass is 16.5. The van der Waals surface area contributed by atoms with E-state index in [4.69, 9.17) is 14.7 Å². The van der Waals surface area contributed by atoms with Crippen LogP contribution in [0.2, 0.25) is 0 Å². The molecule has 0 fully saturated rings. The molecule has 1 aliphatic rings. The Morgan fingerprint density at radius 3 is 2.67 bits per heavy atom. The molecule has 1 N–H and O–H groups in total. The third-order valence-electron chi connectivity index (χ3n) is 5.64. The summed E-state index contributed by atoms with van der Waals surface area (Å²) in [5, 5.41) is 4.76. The van der Waals surface area contributed by atoms with Crippen LogP contribution in [0.25, 0.3) is 16.9 Å². The number of para-hydroxylation sites is 1. The van der Waals surface area contributed by atoms with Gasteiger partial charge in [-0.15, -0.1) is 0 Å². The van der Waals surface area contributed by atoms with Crippen LogP contribution in [0.5, 0.6) is 0 Å². The van der Waals surface area contributed by atoms with Gasteiger partial charge >= 0.3 is 0 Å². The molecule has 0 aliphatic carbocycles. The number of hydrogen-bond donors (Lipinski definition) is 1. The first-order chi connectivity index (χ1) is 14.7. The van der Waals surface area contributed by atoms with Crippen LogP contribution in [0.3, 0.4) is 0 Å². The highest BCUT2D eigenvalue weighted by Crippen LogP contribution is 2.30. The zero-order valence-electron chi connectivity index (χ0n) is 17.4. The van der Waals surface area contributed by atoms with Crippen LogP contribution in [0.15, 0.2) is 60.7 Å². The number of nitrogens with zero attached hydrogens (tertiary/aromatic N) is 3. The summed E-state index contributed by atoms with van der Waals surface area (Å²) in [5.41, 5.74) is 5.73. The van der Waals surface area contributed by atoms with Crippen molar-refractivity contribution in [2.75, 3.05) is 11.9 Å². The summed E-state index contributed by atoms with van der Waals surface area (Å²) >= 11 is 0. The Morgan fingerprint density at radius 2 is 1.83 bits per heavy atom. The highest BCUT2D eigenvalue weighted by Gasteiger charge is 2.22. The predicted molar refractivity (Wildman–Crippen MR) is 120 cm³/mol. The second-order valence-electron chi connectivity index (χ2n) is 8.06. The van der Waals surface area contributed by atoms with Crippen molar-refractivity contribution in [2.24, 2.45) is 0 Å². The van der Waals surface area contributed by atoms with Crippen LogP contribution in [-0.4, -0.2) is 21.1 Å².